The van der Waals surface area contributed by atoms with Crippen LogP contribution < -0.4 is 0 Å². The summed E-state index contributed by atoms with van der Waals surface area (Å²) >= 11 is 0. The predicted molar refractivity (Wildman–Crippen MR) is 73.8 cm³/mol. The van der Waals surface area contributed by atoms with E-state index in [0.717, 1.165) is 56.9 Å². The van der Waals surface area contributed by atoms with Crippen LogP contribution in [0.15, 0.2) is 6.07 Å². The molecule has 1 saturated heterocycles. The van der Waals surface area contributed by atoms with E-state index in [0.29, 0.717) is 0 Å². The number of ether oxygens (including phenoxy) is 1. The molecule has 2 heterocycles. The molecule has 1 aliphatic rings. The Morgan fingerprint density at radius 2 is 2.42 bits per heavy atom. The fourth-order valence-corrected chi connectivity index (χ4v) is 2.96. The van der Waals surface area contributed by atoms with Gasteiger partial charge >= 0.3 is 0 Å². The van der Waals surface area contributed by atoms with Crippen LogP contribution in [0.3, 0.4) is 0 Å². The maximum atomic E-state index is 9.75. The van der Waals surface area contributed by atoms with Crippen LogP contribution in [0, 0.1) is 12.3 Å². The van der Waals surface area contributed by atoms with Crippen molar-refractivity contribution in [2.45, 2.75) is 32.7 Å². The number of rotatable bonds is 6. The molecule has 108 valence electrons. The molecule has 0 aromatic carbocycles. The highest BCUT2D eigenvalue weighted by atomic mass is 16.5. The summed E-state index contributed by atoms with van der Waals surface area (Å²) in [6.45, 7) is 5.85. The van der Waals surface area contributed by atoms with Crippen LogP contribution in [-0.4, -0.2) is 53.6 Å². The second kappa shape index (κ2) is 6.50. The van der Waals surface area contributed by atoms with Crippen molar-refractivity contribution >= 4 is 0 Å². The summed E-state index contributed by atoms with van der Waals surface area (Å²) in [5, 5.41) is 17.0. The molecule has 1 unspecified atom stereocenters. The second-order valence-electron chi connectivity index (χ2n) is 5.76. The van der Waals surface area contributed by atoms with Gasteiger partial charge in [-0.3, -0.25) is 10.00 Å². The predicted octanol–water partition coefficient (Wildman–Crippen LogP) is 1.33. The van der Waals surface area contributed by atoms with Crippen LogP contribution in [0.4, 0.5) is 0 Å². The molecular formula is C14H25N3O2. The number of aryl methyl sites for hydroxylation is 1. The number of likely N-dealkylation sites (tertiary alicyclic amines) is 1. The lowest BCUT2D eigenvalue weighted by Gasteiger charge is -2.41. The Hall–Kier alpha value is -0.910. The van der Waals surface area contributed by atoms with Crippen LogP contribution in [0.2, 0.25) is 0 Å². The van der Waals surface area contributed by atoms with Crippen molar-refractivity contribution in [2.75, 3.05) is 33.4 Å². The Labute approximate surface area is 115 Å². The lowest BCUT2D eigenvalue weighted by atomic mass is 9.78. The third-order valence-electron chi connectivity index (χ3n) is 4.06. The van der Waals surface area contributed by atoms with E-state index in [9.17, 15) is 5.11 Å². The monoisotopic (exact) mass is 267 g/mol. The highest BCUT2D eigenvalue weighted by molar-refractivity contribution is 5.06. The van der Waals surface area contributed by atoms with Crippen molar-refractivity contribution in [3.63, 3.8) is 0 Å². The lowest BCUT2D eigenvalue weighted by Crippen LogP contribution is -2.45. The minimum absolute atomic E-state index is 0.000385. The zero-order chi connectivity index (χ0) is 13.7. The van der Waals surface area contributed by atoms with Gasteiger partial charge in [0.15, 0.2) is 0 Å². The maximum absolute atomic E-state index is 9.75. The molecule has 0 radical (unpaired) electrons. The molecule has 0 spiro atoms. The van der Waals surface area contributed by atoms with Gasteiger partial charge in [-0.2, -0.15) is 5.10 Å². The van der Waals surface area contributed by atoms with Gasteiger partial charge in [-0.25, -0.2) is 0 Å². The van der Waals surface area contributed by atoms with Crippen molar-refractivity contribution in [3.8, 4) is 0 Å². The topological polar surface area (TPSA) is 61.4 Å². The van der Waals surface area contributed by atoms with Crippen molar-refractivity contribution in [3.05, 3.63) is 17.5 Å². The first-order valence-electron chi connectivity index (χ1n) is 7.00. The number of H-pyrrole nitrogens is 1. The van der Waals surface area contributed by atoms with Gasteiger partial charge in [0.1, 0.15) is 0 Å². The second-order valence-corrected chi connectivity index (χ2v) is 5.76. The Kier molecular flexibility index (Phi) is 4.96. The highest BCUT2D eigenvalue weighted by Gasteiger charge is 2.34. The number of aliphatic hydroxyl groups is 1. The third-order valence-corrected chi connectivity index (χ3v) is 4.06. The summed E-state index contributed by atoms with van der Waals surface area (Å²) in [5.41, 5.74) is 2.18. The molecule has 0 aliphatic carbocycles. The number of hydrogen-bond acceptors (Lipinski definition) is 4. The third kappa shape index (κ3) is 3.78. The Morgan fingerprint density at radius 3 is 3.05 bits per heavy atom. The van der Waals surface area contributed by atoms with E-state index < -0.39 is 0 Å². The van der Waals surface area contributed by atoms with Crippen LogP contribution in [0.5, 0.6) is 0 Å². The van der Waals surface area contributed by atoms with Crippen LogP contribution in [0.25, 0.3) is 0 Å². The Bertz CT molecular complexity index is 394. The average molecular weight is 267 g/mol. The molecule has 5 heteroatoms. The van der Waals surface area contributed by atoms with E-state index in [2.05, 4.69) is 21.2 Å². The highest BCUT2D eigenvalue weighted by Crippen LogP contribution is 2.33. The molecule has 0 bridgehead atoms. The first kappa shape index (κ1) is 14.5. The van der Waals surface area contributed by atoms with Gasteiger partial charge in [0.25, 0.3) is 0 Å². The standard InChI is InChI=1S/C14H25N3O2/c1-12-8-13(16-15-12)9-17-6-3-4-14(10-17,11-18)5-7-19-2/h8,18H,3-7,9-11H2,1-2H3,(H,15,16). The number of aromatic nitrogens is 2. The number of nitrogens with zero attached hydrogens (tertiary/aromatic N) is 2. The summed E-state index contributed by atoms with van der Waals surface area (Å²) in [4.78, 5) is 2.39. The first-order valence-corrected chi connectivity index (χ1v) is 7.00. The molecule has 2 N–H and O–H groups in total. The zero-order valence-corrected chi connectivity index (χ0v) is 12.0. The minimum Gasteiger partial charge on any atom is -0.396 e. The number of aliphatic hydroxyl groups excluding tert-OH is 1. The number of hydrogen-bond donors (Lipinski definition) is 2. The molecule has 1 aromatic heterocycles. The van der Waals surface area contributed by atoms with Crippen molar-refractivity contribution in [1.29, 1.82) is 0 Å². The SMILES string of the molecule is COCCC1(CO)CCCN(Cc2cc(C)[nH]n2)C1. The van der Waals surface area contributed by atoms with E-state index in [-0.39, 0.29) is 12.0 Å². The molecule has 1 fully saturated rings. The quantitative estimate of drug-likeness (QED) is 0.816. The maximum Gasteiger partial charge on any atom is 0.0765 e. The smallest absolute Gasteiger partial charge is 0.0765 e. The van der Waals surface area contributed by atoms with Gasteiger partial charge in [0, 0.05) is 37.9 Å². The van der Waals surface area contributed by atoms with Gasteiger partial charge in [0.2, 0.25) is 0 Å². The van der Waals surface area contributed by atoms with Gasteiger partial charge in [-0.05, 0) is 38.8 Å². The molecule has 0 saturated carbocycles. The molecule has 2 rings (SSSR count). The molecule has 1 atom stereocenters. The van der Waals surface area contributed by atoms with E-state index in [1.54, 1.807) is 7.11 Å². The molecule has 1 aliphatic heterocycles. The number of methoxy groups -OCH3 is 1. The molecule has 0 amide bonds. The van der Waals surface area contributed by atoms with Crippen molar-refractivity contribution in [1.82, 2.24) is 15.1 Å². The number of aromatic amines is 1. The number of nitrogens with one attached hydrogen (secondary N) is 1. The summed E-state index contributed by atoms with van der Waals surface area (Å²) in [6, 6.07) is 2.09. The van der Waals surface area contributed by atoms with Gasteiger partial charge in [-0.1, -0.05) is 0 Å². The van der Waals surface area contributed by atoms with E-state index in [1.165, 1.54) is 0 Å². The zero-order valence-electron chi connectivity index (χ0n) is 12.0. The summed E-state index contributed by atoms with van der Waals surface area (Å²) < 4.78 is 5.18. The first-order chi connectivity index (χ1) is 9.17. The fraction of sp³-hybridized carbons (Fsp3) is 0.786. The van der Waals surface area contributed by atoms with E-state index in [4.69, 9.17) is 4.74 Å². The number of piperidine rings is 1. The van der Waals surface area contributed by atoms with Crippen LogP contribution >= 0.6 is 0 Å². The summed E-state index contributed by atoms with van der Waals surface area (Å²) in [7, 11) is 1.72. The molecule has 1 aromatic rings. The van der Waals surface area contributed by atoms with Gasteiger partial charge in [0.05, 0.1) is 12.3 Å². The summed E-state index contributed by atoms with van der Waals surface area (Å²) in [6.07, 6.45) is 3.15. The normalized spacial score (nSPS) is 24.8. The lowest BCUT2D eigenvalue weighted by molar-refractivity contribution is 0.00437. The van der Waals surface area contributed by atoms with Crippen LogP contribution in [0.1, 0.15) is 30.7 Å². The van der Waals surface area contributed by atoms with Crippen LogP contribution in [-0.2, 0) is 11.3 Å². The minimum atomic E-state index is -0.000385. The fourth-order valence-electron chi connectivity index (χ4n) is 2.96. The average Bonchev–Trinajstić information content (AvgIpc) is 2.82. The van der Waals surface area contributed by atoms with Gasteiger partial charge in [-0.15, -0.1) is 0 Å². The van der Waals surface area contributed by atoms with Gasteiger partial charge < -0.3 is 9.84 Å². The van der Waals surface area contributed by atoms with E-state index in [1.807, 2.05) is 6.92 Å². The molecular weight excluding hydrogens is 242 g/mol. The van der Waals surface area contributed by atoms with Crippen molar-refractivity contribution in [2.24, 2.45) is 5.41 Å². The molecule has 5 nitrogen and oxygen atoms in total. The van der Waals surface area contributed by atoms with Crippen molar-refractivity contribution < 1.29 is 9.84 Å². The molecule has 19 heavy (non-hydrogen) atoms. The largest absolute Gasteiger partial charge is 0.396 e. The summed E-state index contributed by atoms with van der Waals surface area (Å²) in [5.74, 6) is 0. The Balaban J connectivity index is 1.95. The Morgan fingerprint density at radius 1 is 1.58 bits per heavy atom. The van der Waals surface area contributed by atoms with E-state index >= 15 is 0 Å².